The minimum Gasteiger partial charge on any atom is -0.396 e. The van der Waals surface area contributed by atoms with Crippen molar-refractivity contribution in [1.29, 1.82) is 5.41 Å². The molecule has 0 fully saturated rings. The van der Waals surface area contributed by atoms with Crippen molar-refractivity contribution in [3.63, 3.8) is 0 Å². The SMILES string of the molecule is C/C(=N\OCCCc1cccc(C=N)n1)c1cccc(C)n1. The van der Waals surface area contributed by atoms with Crippen molar-refractivity contribution < 1.29 is 4.84 Å². The van der Waals surface area contributed by atoms with Crippen molar-refractivity contribution in [2.24, 2.45) is 5.16 Å². The standard InChI is InChI=1S/C17H20N4O/c1-13-6-3-10-17(19-13)14(2)21-22-11-5-9-15-7-4-8-16(12-18)20-15/h3-4,6-8,10,12,18H,5,9,11H2,1-2H3/b18-12?,21-14+. The van der Waals surface area contributed by atoms with Crippen LogP contribution in [0, 0.1) is 12.3 Å². The summed E-state index contributed by atoms with van der Waals surface area (Å²) in [6, 6.07) is 11.5. The molecule has 5 heteroatoms. The van der Waals surface area contributed by atoms with Gasteiger partial charge in [0.1, 0.15) is 12.3 Å². The summed E-state index contributed by atoms with van der Waals surface area (Å²) < 4.78 is 0. The summed E-state index contributed by atoms with van der Waals surface area (Å²) in [5.74, 6) is 0. The Labute approximate surface area is 130 Å². The normalized spacial score (nSPS) is 11.3. The van der Waals surface area contributed by atoms with Gasteiger partial charge in [0.05, 0.1) is 11.4 Å². The first kappa shape index (κ1) is 15.8. The maximum Gasteiger partial charge on any atom is 0.117 e. The van der Waals surface area contributed by atoms with Gasteiger partial charge in [0.25, 0.3) is 0 Å². The summed E-state index contributed by atoms with van der Waals surface area (Å²) in [6.07, 6.45) is 2.88. The van der Waals surface area contributed by atoms with Gasteiger partial charge in [0.2, 0.25) is 0 Å². The van der Waals surface area contributed by atoms with E-state index < -0.39 is 0 Å². The van der Waals surface area contributed by atoms with Gasteiger partial charge in [-0.05, 0) is 51.0 Å². The van der Waals surface area contributed by atoms with E-state index in [9.17, 15) is 0 Å². The first-order valence-corrected chi connectivity index (χ1v) is 7.26. The average molecular weight is 296 g/mol. The zero-order chi connectivity index (χ0) is 15.8. The quantitative estimate of drug-likeness (QED) is 0.484. The molecule has 0 radical (unpaired) electrons. The zero-order valence-electron chi connectivity index (χ0n) is 12.9. The lowest BCUT2D eigenvalue weighted by Gasteiger charge is -2.03. The Hall–Kier alpha value is -2.56. The summed E-state index contributed by atoms with van der Waals surface area (Å²) in [6.45, 7) is 4.36. The topological polar surface area (TPSA) is 71.2 Å². The molecule has 0 unspecified atom stereocenters. The van der Waals surface area contributed by atoms with Gasteiger partial charge in [0.15, 0.2) is 0 Å². The molecular formula is C17H20N4O. The van der Waals surface area contributed by atoms with Crippen molar-refractivity contribution >= 4 is 11.9 Å². The highest BCUT2D eigenvalue weighted by Crippen LogP contribution is 2.03. The predicted octanol–water partition coefficient (Wildman–Crippen LogP) is 3.16. The molecule has 0 amide bonds. The van der Waals surface area contributed by atoms with Gasteiger partial charge in [0, 0.05) is 17.6 Å². The summed E-state index contributed by atoms with van der Waals surface area (Å²) in [5.41, 5.74) is 4.21. The Kier molecular flexibility index (Phi) is 5.77. The van der Waals surface area contributed by atoms with E-state index in [1.807, 2.05) is 50.2 Å². The Balaban J connectivity index is 1.79. The van der Waals surface area contributed by atoms with Crippen molar-refractivity contribution in [1.82, 2.24) is 9.97 Å². The molecule has 0 aromatic carbocycles. The lowest BCUT2D eigenvalue weighted by molar-refractivity contribution is 0.141. The fourth-order valence-electron chi connectivity index (χ4n) is 1.97. The molecule has 0 aliphatic heterocycles. The van der Waals surface area contributed by atoms with Gasteiger partial charge < -0.3 is 10.2 Å². The third kappa shape index (κ3) is 4.77. The van der Waals surface area contributed by atoms with E-state index in [2.05, 4.69) is 15.1 Å². The van der Waals surface area contributed by atoms with Gasteiger partial charge in [-0.2, -0.15) is 0 Å². The van der Waals surface area contributed by atoms with Gasteiger partial charge in [-0.15, -0.1) is 0 Å². The van der Waals surface area contributed by atoms with Crippen LogP contribution in [0.25, 0.3) is 0 Å². The lowest BCUT2D eigenvalue weighted by atomic mass is 10.2. The van der Waals surface area contributed by atoms with Gasteiger partial charge in [-0.3, -0.25) is 9.97 Å². The number of aromatic nitrogens is 2. The van der Waals surface area contributed by atoms with E-state index in [4.69, 9.17) is 10.2 Å². The average Bonchev–Trinajstić information content (AvgIpc) is 2.54. The van der Waals surface area contributed by atoms with Crippen LogP contribution in [0.1, 0.15) is 36.1 Å². The van der Waals surface area contributed by atoms with Crippen LogP contribution in [0.15, 0.2) is 41.6 Å². The Morgan fingerprint density at radius 1 is 1.23 bits per heavy atom. The number of nitrogens with zero attached hydrogens (tertiary/aromatic N) is 3. The van der Waals surface area contributed by atoms with E-state index in [1.54, 1.807) is 0 Å². The van der Waals surface area contributed by atoms with Crippen LogP contribution in [-0.4, -0.2) is 28.5 Å². The fourth-order valence-corrected chi connectivity index (χ4v) is 1.97. The van der Waals surface area contributed by atoms with Crippen molar-refractivity contribution in [3.8, 4) is 0 Å². The summed E-state index contributed by atoms with van der Waals surface area (Å²) >= 11 is 0. The molecule has 5 nitrogen and oxygen atoms in total. The van der Waals surface area contributed by atoms with Crippen molar-refractivity contribution in [3.05, 3.63) is 59.2 Å². The smallest absolute Gasteiger partial charge is 0.117 e. The highest BCUT2D eigenvalue weighted by atomic mass is 16.6. The minimum absolute atomic E-state index is 0.527. The molecular weight excluding hydrogens is 276 g/mol. The second-order valence-electron chi connectivity index (χ2n) is 4.98. The fraction of sp³-hybridized carbons (Fsp3) is 0.294. The van der Waals surface area contributed by atoms with E-state index >= 15 is 0 Å². The van der Waals surface area contributed by atoms with Gasteiger partial charge in [-0.1, -0.05) is 17.3 Å². The van der Waals surface area contributed by atoms with Crippen molar-refractivity contribution in [2.45, 2.75) is 26.7 Å². The molecule has 0 saturated carbocycles. The van der Waals surface area contributed by atoms with E-state index in [1.165, 1.54) is 6.21 Å². The maximum absolute atomic E-state index is 7.19. The largest absolute Gasteiger partial charge is 0.396 e. The maximum atomic E-state index is 7.19. The van der Waals surface area contributed by atoms with E-state index in [-0.39, 0.29) is 0 Å². The first-order valence-electron chi connectivity index (χ1n) is 7.26. The number of hydrogen-bond acceptors (Lipinski definition) is 5. The Bertz CT molecular complexity index is 667. The molecule has 0 aliphatic rings. The summed E-state index contributed by atoms with van der Waals surface area (Å²) in [5, 5.41) is 11.3. The highest BCUT2D eigenvalue weighted by molar-refractivity contribution is 5.96. The van der Waals surface area contributed by atoms with Crippen LogP contribution >= 0.6 is 0 Å². The number of nitrogens with one attached hydrogen (secondary N) is 1. The number of pyridine rings is 2. The molecule has 114 valence electrons. The highest BCUT2D eigenvalue weighted by Gasteiger charge is 2.00. The van der Waals surface area contributed by atoms with E-state index in [0.29, 0.717) is 12.3 Å². The summed E-state index contributed by atoms with van der Waals surface area (Å²) in [4.78, 5) is 14.1. The van der Waals surface area contributed by atoms with Crippen LogP contribution in [-0.2, 0) is 11.3 Å². The second-order valence-corrected chi connectivity index (χ2v) is 4.98. The monoisotopic (exact) mass is 296 g/mol. The number of rotatable bonds is 7. The van der Waals surface area contributed by atoms with Gasteiger partial charge >= 0.3 is 0 Å². The van der Waals surface area contributed by atoms with Crippen molar-refractivity contribution in [2.75, 3.05) is 6.61 Å². The van der Waals surface area contributed by atoms with Crippen LogP contribution in [0.5, 0.6) is 0 Å². The molecule has 0 atom stereocenters. The number of hydrogen-bond donors (Lipinski definition) is 1. The molecule has 22 heavy (non-hydrogen) atoms. The zero-order valence-corrected chi connectivity index (χ0v) is 12.9. The molecule has 2 heterocycles. The molecule has 0 bridgehead atoms. The number of aryl methyl sites for hydroxylation is 2. The summed E-state index contributed by atoms with van der Waals surface area (Å²) in [7, 11) is 0. The number of oxime groups is 1. The van der Waals surface area contributed by atoms with E-state index in [0.717, 1.165) is 35.6 Å². The molecule has 1 N–H and O–H groups in total. The molecule has 2 rings (SSSR count). The second kappa shape index (κ2) is 8.02. The Morgan fingerprint density at radius 3 is 2.82 bits per heavy atom. The van der Waals surface area contributed by atoms with Gasteiger partial charge in [-0.25, -0.2) is 0 Å². The molecule has 0 aliphatic carbocycles. The predicted molar refractivity (Wildman–Crippen MR) is 87.6 cm³/mol. The third-order valence-corrected chi connectivity index (χ3v) is 3.11. The Morgan fingerprint density at radius 2 is 2.05 bits per heavy atom. The van der Waals surface area contributed by atoms with Crippen LogP contribution in [0.2, 0.25) is 0 Å². The molecule has 0 saturated heterocycles. The first-order chi connectivity index (χ1) is 10.7. The van der Waals surface area contributed by atoms with Crippen LogP contribution in [0.3, 0.4) is 0 Å². The van der Waals surface area contributed by atoms with Crippen LogP contribution < -0.4 is 0 Å². The minimum atomic E-state index is 0.527. The third-order valence-electron chi connectivity index (χ3n) is 3.11. The lowest BCUT2D eigenvalue weighted by Crippen LogP contribution is -2.02. The molecule has 0 spiro atoms. The molecule has 2 aromatic heterocycles. The molecule has 2 aromatic rings. The van der Waals surface area contributed by atoms with Crippen LogP contribution in [0.4, 0.5) is 0 Å².